The Morgan fingerprint density at radius 1 is 0.517 bits per heavy atom. The molecule has 0 saturated carbocycles. The molecule has 2 atom stereocenters. The van der Waals surface area contributed by atoms with E-state index in [1.54, 1.807) is 0 Å². The van der Waals surface area contributed by atoms with Gasteiger partial charge in [-0.25, -0.2) is 0 Å². The molecular weight excluding hydrogens is 731 g/mol. The first kappa shape index (κ1) is 33.4. The molecule has 4 heteroatoms. The third kappa shape index (κ3) is 4.29. The van der Waals surface area contributed by atoms with Crippen LogP contribution in [-0.2, 0) is 5.41 Å². The van der Waals surface area contributed by atoms with E-state index in [0.29, 0.717) is 6.42 Å². The quantitative estimate of drug-likeness (QED) is 0.178. The molecule has 4 nitrogen and oxygen atoms in total. The molecule has 1 aromatic heterocycles. The van der Waals surface area contributed by atoms with Gasteiger partial charge in [0.05, 0.1) is 27.7 Å². The number of ether oxygens (including phenoxy) is 1. The number of nitrogens with zero attached hydrogens (tertiary/aromatic N) is 3. The van der Waals surface area contributed by atoms with Gasteiger partial charge in [-0.15, -0.1) is 0 Å². The fourth-order valence-electron chi connectivity index (χ4n) is 11.2. The van der Waals surface area contributed by atoms with Crippen molar-refractivity contribution in [3.05, 3.63) is 240 Å². The number of fused-ring (bicyclic) bond motifs is 13. The highest BCUT2D eigenvalue weighted by atomic mass is 16.5. The molecule has 0 saturated heterocycles. The van der Waals surface area contributed by atoms with Crippen molar-refractivity contribution in [1.29, 1.82) is 0 Å². The smallest absolute Gasteiger partial charge is 0.131 e. The van der Waals surface area contributed by atoms with Crippen LogP contribution in [0, 0.1) is 0 Å². The van der Waals surface area contributed by atoms with Crippen molar-refractivity contribution >= 4 is 55.8 Å². The summed E-state index contributed by atoms with van der Waals surface area (Å²) >= 11 is 0. The second kappa shape index (κ2) is 12.2. The lowest BCUT2D eigenvalue weighted by Crippen LogP contribution is -2.46. The van der Waals surface area contributed by atoms with Crippen LogP contribution in [0.5, 0.6) is 5.75 Å². The second-order valence-electron chi connectivity index (χ2n) is 16.6. The molecule has 0 amide bonds. The van der Waals surface area contributed by atoms with E-state index in [1.165, 1.54) is 66.6 Å². The molecule has 1 aliphatic carbocycles. The van der Waals surface area contributed by atoms with E-state index in [4.69, 9.17) is 4.74 Å². The minimum Gasteiger partial charge on any atom is -0.461 e. The molecule has 4 heterocycles. The molecule has 8 aromatic carbocycles. The number of hydrogen-bond donors (Lipinski definition) is 0. The first-order valence-electron chi connectivity index (χ1n) is 20.9. The van der Waals surface area contributed by atoms with E-state index in [1.807, 2.05) is 0 Å². The van der Waals surface area contributed by atoms with Crippen LogP contribution in [0.1, 0.15) is 35.6 Å². The summed E-state index contributed by atoms with van der Waals surface area (Å²) < 4.78 is 9.73. The highest BCUT2D eigenvalue weighted by molar-refractivity contribution is 6.12. The van der Waals surface area contributed by atoms with Crippen molar-refractivity contribution in [1.82, 2.24) is 4.57 Å². The van der Waals surface area contributed by atoms with Crippen molar-refractivity contribution < 1.29 is 4.74 Å². The zero-order valence-corrected chi connectivity index (χ0v) is 33.1. The minimum atomic E-state index is -0.610. The van der Waals surface area contributed by atoms with Gasteiger partial charge >= 0.3 is 0 Å². The zero-order valence-electron chi connectivity index (χ0n) is 33.1. The largest absolute Gasteiger partial charge is 0.461 e. The average molecular weight is 770 g/mol. The Labute approximate surface area is 349 Å². The monoisotopic (exact) mass is 769 g/mol. The van der Waals surface area contributed by atoms with Gasteiger partial charge in [0.1, 0.15) is 11.5 Å². The third-order valence-electron chi connectivity index (χ3n) is 13.6. The summed E-state index contributed by atoms with van der Waals surface area (Å²) in [6.45, 7) is 2.40. The second-order valence-corrected chi connectivity index (χ2v) is 16.6. The Morgan fingerprint density at radius 2 is 1.12 bits per heavy atom. The highest BCUT2D eigenvalue weighted by Crippen LogP contribution is 2.64. The van der Waals surface area contributed by atoms with E-state index in [9.17, 15) is 0 Å². The maximum Gasteiger partial charge on any atom is 0.131 e. The van der Waals surface area contributed by atoms with Crippen LogP contribution < -0.4 is 14.5 Å². The lowest BCUT2D eigenvalue weighted by Gasteiger charge is -2.49. The van der Waals surface area contributed by atoms with Gasteiger partial charge in [0.15, 0.2) is 0 Å². The Balaban J connectivity index is 1.02. The van der Waals surface area contributed by atoms with Crippen LogP contribution in [0.2, 0.25) is 0 Å². The summed E-state index contributed by atoms with van der Waals surface area (Å²) in [5, 5.41) is 2.54. The topological polar surface area (TPSA) is 20.6 Å². The number of benzene rings is 8. The van der Waals surface area contributed by atoms with Gasteiger partial charge in [0, 0.05) is 62.3 Å². The van der Waals surface area contributed by atoms with Crippen molar-refractivity contribution in [3.63, 3.8) is 0 Å². The number of rotatable bonds is 4. The maximum atomic E-state index is 7.22. The molecule has 0 fully saturated rings. The summed E-state index contributed by atoms with van der Waals surface area (Å²) in [5.74, 6) is 1.94. The van der Waals surface area contributed by atoms with Crippen LogP contribution in [0.25, 0.3) is 33.1 Å². The van der Waals surface area contributed by atoms with E-state index < -0.39 is 11.0 Å². The summed E-state index contributed by atoms with van der Waals surface area (Å²) in [5.41, 5.74) is 15.9. The SMILES string of the molecule is CC12CC3=C(C=C1c1ccccc1N2c1ccc(N(c2ccccc2)c2ccccc2)cc1)C1(c2ccccc2O3)c2ccccc2-n2c3ccccc3c3cccc1c32. The lowest BCUT2D eigenvalue weighted by atomic mass is 9.59. The van der Waals surface area contributed by atoms with Crippen LogP contribution in [0.15, 0.2) is 218 Å². The highest BCUT2D eigenvalue weighted by Gasteiger charge is 2.56. The van der Waals surface area contributed by atoms with Crippen LogP contribution >= 0.6 is 0 Å². The van der Waals surface area contributed by atoms with Crippen molar-refractivity contribution in [3.8, 4) is 11.4 Å². The molecule has 9 aromatic rings. The number of hydrogen-bond acceptors (Lipinski definition) is 3. The average Bonchev–Trinajstić information content (AvgIpc) is 3.77. The molecular formula is C56H39N3O. The molecule has 0 N–H and O–H groups in total. The van der Waals surface area contributed by atoms with E-state index in [-0.39, 0.29) is 0 Å². The third-order valence-corrected chi connectivity index (χ3v) is 13.6. The normalized spacial score (nSPS) is 19.3. The van der Waals surface area contributed by atoms with E-state index >= 15 is 0 Å². The van der Waals surface area contributed by atoms with Gasteiger partial charge < -0.3 is 19.1 Å². The maximum absolute atomic E-state index is 7.22. The van der Waals surface area contributed by atoms with Gasteiger partial charge in [-0.05, 0) is 102 Å². The summed E-state index contributed by atoms with van der Waals surface area (Å²) in [7, 11) is 0. The number of para-hydroxylation sites is 7. The summed E-state index contributed by atoms with van der Waals surface area (Å²) in [6.07, 6.45) is 3.21. The summed E-state index contributed by atoms with van der Waals surface area (Å²) in [4.78, 5) is 4.88. The Hall–Kier alpha value is -7.56. The molecule has 13 rings (SSSR count). The minimum absolute atomic E-state index is 0.425. The van der Waals surface area contributed by atoms with Gasteiger partial charge in [-0.2, -0.15) is 0 Å². The van der Waals surface area contributed by atoms with Crippen LogP contribution in [0.3, 0.4) is 0 Å². The molecule has 3 aliphatic heterocycles. The van der Waals surface area contributed by atoms with Crippen molar-refractivity contribution in [2.24, 2.45) is 0 Å². The van der Waals surface area contributed by atoms with E-state index in [0.717, 1.165) is 34.3 Å². The standard InChI is InChI=1S/C56H39N3O/c1-55-36-53-48(35-47(55)43-22-9-13-28-50(43)59(55)40-33-31-39(32-34-40)57(37-17-4-2-5-18-37)38-19-6-3-7-20-38)56(45-25-11-15-30-52(45)60-53)44-24-10-14-29-51(44)58-49-27-12-8-21-41(49)42-23-16-26-46(56)54(42)58/h2-35H,36H2,1H3. The predicted octanol–water partition coefficient (Wildman–Crippen LogP) is 13.9. The molecule has 4 aliphatic rings. The first-order chi connectivity index (χ1) is 29.6. The van der Waals surface area contributed by atoms with Gasteiger partial charge in [-0.1, -0.05) is 127 Å². The Bertz CT molecular complexity index is 3250. The molecule has 0 radical (unpaired) electrons. The van der Waals surface area contributed by atoms with Gasteiger partial charge in [-0.3, -0.25) is 0 Å². The molecule has 2 unspecified atom stereocenters. The van der Waals surface area contributed by atoms with E-state index in [2.05, 4.69) is 228 Å². The number of anilines is 5. The first-order valence-corrected chi connectivity index (χ1v) is 20.9. The van der Waals surface area contributed by atoms with Gasteiger partial charge in [0.25, 0.3) is 0 Å². The fourth-order valence-corrected chi connectivity index (χ4v) is 11.2. The summed E-state index contributed by atoms with van der Waals surface area (Å²) in [6, 6.07) is 72.9. The molecule has 0 bridgehead atoms. The molecule has 284 valence electrons. The van der Waals surface area contributed by atoms with Crippen molar-refractivity contribution in [2.45, 2.75) is 24.3 Å². The number of allylic oxidation sites excluding steroid dienone is 2. The number of aromatic nitrogens is 1. The predicted molar refractivity (Wildman–Crippen MR) is 245 cm³/mol. The molecule has 60 heavy (non-hydrogen) atoms. The fraction of sp³-hybridized carbons (Fsp3) is 0.0714. The Kier molecular flexibility index (Phi) is 6.81. The molecule has 1 spiro atoms. The van der Waals surface area contributed by atoms with Crippen LogP contribution in [0.4, 0.5) is 28.4 Å². The lowest BCUT2D eigenvalue weighted by molar-refractivity contribution is 0.339. The van der Waals surface area contributed by atoms with Crippen LogP contribution in [-0.4, -0.2) is 10.1 Å². The Morgan fingerprint density at radius 3 is 1.90 bits per heavy atom. The van der Waals surface area contributed by atoms with Crippen molar-refractivity contribution in [2.75, 3.05) is 9.80 Å². The van der Waals surface area contributed by atoms with Gasteiger partial charge in [0.2, 0.25) is 0 Å². The zero-order chi connectivity index (χ0) is 39.6.